The Morgan fingerprint density at radius 3 is 2.80 bits per heavy atom. The third-order valence-corrected chi connectivity index (χ3v) is 12.5. The molecule has 4 aromatic rings. The van der Waals surface area contributed by atoms with Crippen LogP contribution in [0, 0.1) is 23.0 Å². The van der Waals surface area contributed by atoms with Crippen molar-refractivity contribution in [2.24, 2.45) is 0 Å². The Kier molecular flexibility index (Phi) is 9.52. The number of anilines is 1. The number of morpholine rings is 1. The van der Waals surface area contributed by atoms with E-state index in [2.05, 4.69) is 25.8 Å². The van der Waals surface area contributed by atoms with Crippen LogP contribution in [0.4, 0.5) is 19.0 Å². The van der Waals surface area contributed by atoms with Crippen molar-refractivity contribution in [1.29, 1.82) is 5.26 Å². The Morgan fingerprint density at radius 1 is 1.13 bits per heavy atom. The normalized spacial score (nSPS) is 26.8. The second-order valence-corrected chi connectivity index (χ2v) is 15.7. The molecule has 7 heterocycles. The van der Waals surface area contributed by atoms with Crippen molar-refractivity contribution in [3.63, 3.8) is 0 Å². The Hall–Kier alpha value is -4.55. The van der Waals surface area contributed by atoms with Crippen molar-refractivity contribution in [2.45, 2.75) is 61.9 Å². The maximum Gasteiger partial charge on any atom is 0.319 e. The second-order valence-electron chi connectivity index (χ2n) is 15.3. The fourth-order valence-electron chi connectivity index (χ4n) is 9.37. The lowest BCUT2D eigenvalue weighted by Gasteiger charge is -2.52. The molecule has 5 aliphatic rings. The lowest BCUT2D eigenvalue weighted by Crippen LogP contribution is -2.63. The van der Waals surface area contributed by atoms with Gasteiger partial charge in [0, 0.05) is 74.5 Å². The minimum Gasteiger partial charge on any atom is -0.461 e. The van der Waals surface area contributed by atoms with Crippen LogP contribution >= 0.6 is 11.6 Å². The number of ether oxygens (including phenoxy) is 2. The Balaban J connectivity index is 1.05. The highest BCUT2D eigenvalue weighted by Crippen LogP contribution is 2.42. The number of hydrogen-bond donors (Lipinski definition) is 0. The summed E-state index contributed by atoms with van der Waals surface area (Å²) >= 11 is 6.44. The number of nitriles is 1. The van der Waals surface area contributed by atoms with Crippen molar-refractivity contribution < 1.29 is 27.4 Å². The number of fused-ring (bicyclic) bond motifs is 5. The van der Waals surface area contributed by atoms with Crippen LogP contribution in [0.1, 0.15) is 32.1 Å². The fourth-order valence-corrected chi connectivity index (χ4v) is 9.64. The van der Waals surface area contributed by atoms with E-state index in [-0.39, 0.29) is 47.7 Å². The van der Waals surface area contributed by atoms with E-state index in [9.17, 15) is 18.8 Å². The van der Waals surface area contributed by atoms with Crippen LogP contribution in [0.3, 0.4) is 0 Å². The highest BCUT2D eigenvalue weighted by Gasteiger charge is 2.49. The Morgan fingerprint density at radius 2 is 1.98 bits per heavy atom. The summed E-state index contributed by atoms with van der Waals surface area (Å²) in [4.78, 5) is 35.5. The predicted molar refractivity (Wildman–Crippen MR) is 201 cm³/mol. The van der Waals surface area contributed by atoms with Crippen LogP contribution < -0.4 is 9.64 Å². The van der Waals surface area contributed by atoms with Crippen LogP contribution in [-0.4, -0.2) is 124 Å². The van der Waals surface area contributed by atoms with Gasteiger partial charge >= 0.3 is 6.01 Å². The first-order valence-electron chi connectivity index (χ1n) is 18.9. The average Bonchev–Trinajstić information content (AvgIpc) is 3.73. The largest absolute Gasteiger partial charge is 0.461 e. The number of carbonyl (C=O) groups excluding carboxylic acids is 1. The standard InChI is InChI=1S/C40H40ClF3N8O3/c41-34-31(43)8-7-24-4-1-5-29(33(24)34)36-35(44)37-30(18-46-36)38(48-39(47-37)55-23-40-10-3-12-50(40)19-25(42)17-40)49-14-15-52(26(20-49)9-11-45)32(53)6-2-13-51-27-16-28(51)22-54-21-27/h1-2,4-8,18,25-28H,3,9-10,12-17,19-23H2/b6-2+/t25-,26+,27?,28?,40+/m1/s1. The molecule has 11 nitrogen and oxygen atoms in total. The number of carbonyl (C=O) groups is 1. The van der Waals surface area contributed by atoms with Crippen LogP contribution in [0.25, 0.3) is 32.9 Å². The predicted octanol–water partition coefficient (Wildman–Crippen LogP) is 5.69. The summed E-state index contributed by atoms with van der Waals surface area (Å²) in [6.07, 6.45) is 7.21. The zero-order valence-corrected chi connectivity index (χ0v) is 30.9. The van der Waals surface area contributed by atoms with E-state index in [1.54, 1.807) is 35.2 Å². The molecule has 5 fully saturated rings. The molecule has 15 heteroatoms. The van der Waals surface area contributed by atoms with Gasteiger partial charge in [-0.3, -0.25) is 19.6 Å². The van der Waals surface area contributed by atoms with Gasteiger partial charge in [0.25, 0.3) is 0 Å². The summed E-state index contributed by atoms with van der Waals surface area (Å²) in [5.74, 6) is -1.24. The topological polar surface area (TPSA) is 111 Å². The number of benzene rings is 2. The highest BCUT2D eigenvalue weighted by atomic mass is 35.5. The van der Waals surface area contributed by atoms with Crippen molar-refractivity contribution >= 4 is 45.0 Å². The Bertz CT molecular complexity index is 2230. The summed E-state index contributed by atoms with van der Waals surface area (Å²) < 4.78 is 58.1. The Labute approximate surface area is 321 Å². The monoisotopic (exact) mass is 772 g/mol. The van der Waals surface area contributed by atoms with Gasteiger partial charge in [-0.15, -0.1) is 0 Å². The second kappa shape index (κ2) is 14.5. The van der Waals surface area contributed by atoms with Crippen LogP contribution in [-0.2, 0) is 9.53 Å². The maximum atomic E-state index is 17.0. The smallest absolute Gasteiger partial charge is 0.319 e. The van der Waals surface area contributed by atoms with Crippen molar-refractivity contribution in [3.8, 4) is 23.3 Å². The molecule has 5 saturated heterocycles. The molecule has 286 valence electrons. The van der Waals surface area contributed by atoms with Crippen LogP contribution in [0.5, 0.6) is 6.01 Å². The molecule has 0 N–H and O–H groups in total. The van der Waals surface area contributed by atoms with Crippen molar-refractivity contribution in [3.05, 3.63) is 65.3 Å². The minimum absolute atomic E-state index is 0.0652. The molecule has 9 rings (SSSR count). The quantitative estimate of drug-likeness (QED) is 0.197. The van der Waals surface area contributed by atoms with E-state index in [0.717, 1.165) is 25.8 Å². The first-order chi connectivity index (χ1) is 26.7. The number of aromatic nitrogens is 3. The molecule has 0 saturated carbocycles. The first-order valence-corrected chi connectivity index (χ1v) is 19.3. The number of pyridine rings is 1. The SMILES string of the molecule is N#CC[C@H]1CN(c2nc(OC[C@@]34CCCN3C[C@H](F)C4)nc3c(F)c(-c4cccc5ccc(F)c(Cl)c45)ncc23)CCN1C(=O)/C=C/CN1C2COCC1C2. The molecule has 5 atom stereocenters. The van der Waals surface area contributed by atoms with Gasteiger partial charge in [-0.25, -0.2) is 13.2 Å². The first kappa shape index (κ1) is 36.1. The van der Waals surface area contributed by atoms with E-state index in [4.69, 9.17) is 26.1 Å². The zero-order chi connectivity index (χ0) is 37.8. The van der Waals surface area contributed by atoms with Gasteiger partial charge in [0.1, 0.15) is 35.6 Å². The molecular weight excluding hydrogens is 733 g/mol. The van der Waals surface area contributed by atoms with Crippen molar-refractivity contribution in [1.82, 2.24) is 29.7 Å². The summed E-state index contributed by atoms with van der Waals surface area (Å²) in [5, 5.41) is 10.9. The van der Waals surface area contributed by atoms with Gasteiger partial charge in [-0.1, -0.05) is 41.9 Å². The number of rotatable bonds is 9. The van der Waals surface area contributed by atoms with Gasteiger partial charge in [-0.05, 0) is 37.3 Å². The number of nitrogens with zero attached hydrogens (tertiary/aromatic N) is 8. The molecule has 0 aliphatic carbocycles. The van der Waals surface area contributed by atoms with E-state index >= 15 is 4.39 Å². The van der Waals surface area contributed by atoms with Gasteiger partial charge in [0.2, 0.25) is 5.91 Å². The lowest BCUT2D eigenvalue weighted by atomic mass is 9.91. The number of hydrogen-bond acceptors (Lipinski definition) is 10. The molecular formula is C40H40ClF3N8O3. The number of piperazine rings is 1. The van der Waals surface area contributed by atoms with E-state index in [0.29, 0.717) is 85.4 Å². The van der Waals surface area contributed by atoms with E-state index in [1.807, 2.05) is 11.0 Å². The van der Waals surface area contributed by atoms with Crippen LogP contribution in [0.2, 0.25) is 5.02 Å². The highest BCUT2D eigenvalue weighted by molar-refractivity contribution is 6.36. The fraction of sp³-hybridized carbons (Fsp3) is 0.475. The van der Waals surface area contributed by atoms with E-state index < -0.39 is 29.4 Å². The zero-order valence-electron chi connectivity index (χ0n) is 30.1. The number of halogens is 4. The number of amides is 1. The van der Waals surface area contributed by atoms with Crippen LogP contribution in [0.15, 0.2) is 48.7 Å². The summed E-state index contributed by atoms with van der Waals surface area (Å²) in [6.45, 7) is 4.22. The minimum atomic E-state index is -0.962. The van der Waals surface area contributed by atoms with E-state index in [1.165, 1.54) is 12.3 Å². The molecule has 5 aliphatic heterocycles. The lowest BCUT2D eigenvalue weighted by molar-refractivity contribution is -0.129. The summed E-state index contributed by atoms with van der Waals surface area (Å²) in [7, 11) is 0. The molecule has 2 bridgehead atoms. The maximum absolute atomic E-state index is 17.0. The molecule has 2 unspecified atom stereocenters. The van der Waals surface area contributed by atoms with Gasteiger partial charge in [0.05, 0.1) is 47.7 Å². The van der Waals surface area contributed by atoms with Gasteiger partial charge in [0.15, 0.2) is 5.82 Å². The molecule has 1 amide bonds. The molecule has 2 aromatic carbocycles. The number of alkyl halides is 1. The average molecular weight is 773 g/mol. The summed E-state index contributed by atoms with van der Waals surface area (Å²) in [5.41, 5.74) is -0.339. The molecule has 2 aromatic heterocycles. The molecule has 0 radical (unpaired) electrons. The third kappa shape index (κ3) is 6.44. The molecule has 0 spiro atoms. The molecule has 55 heavy (non-hydrogen) atoms. The third-order valence-electron chi connectivity index (χ3n) is 12.1. The van der Waals surface area contributed by atoms with Crippen molar-refractivity contribution in [2.75, 3.05) is 64.0 Å². The summed E-state index contributed by atoms with van der Waals surface area (Å²) in [6, 6.07) is 10.4. The van der Waals surface area contributed by atoms with Gasteiger partial charge < -0.3 is 19.3 Å². The van der Waals surface area contributed by atoms with Gasteiger partial charge in [-0.2, -0.15) is 15.2 Å².